The number of phenols is 2. The van der Waals surface area contributed by atoms with Gasteiger partial charge in [-0.2, -0.15) is 4.40 Å². The minimum Gasteiger partial charge on any atom is -0.507 e. The van der Waals surface area contributed by atoms with Crippen molar-refractivity contribution in [2.75, 3.05) is 21.3 Å². The van der Waals surface area contributed by atoms with Gasteiger partial charge >= 0.3 is 0 Å². The zero-order valence-corrected chi connectivity index (χ0v) is 14.6. The molecule has 2 N–H and O–H groups in total. The Labute approximate surface area is 149 Å². The van der Waals surface area contributed by atoms with Crippen LogP contribution in [0.3, 0.4) is 0 Å². The van der Waals surface area contributed by atoms with Gasteiger partial charge in [-0.3, -0.25) is 0 Å². The van der Waals surface area contributed by atoms with E-state index in [1.54, 1.807) is 19.4 Å². The predicted octanol–water partition coefficient (Wildman–Crippen LogP) is 3.17. The van der Waals surface area contributed by atoms with Crippen LogP contribution in [0, 0.1) is 0 Å². The molecule has 6 heteroatoms. The first-order valence-corrected chi connectivity index (χ1v) is 8.00. The van der Waals surface area contributed by atoms with Gasteiger partial charge in [0, 0.05) is 23.6 Å². The molecule has 4 rings (SSSR count). The first-order chi connectivity index (χ1) is 12.6. The number of methoxy groups -OCH3 is 3. The second-order valence-corrected chi connectivity index (χ2v) is 5.92. The smallest absolute Gasteiger partial charge is 0.223 e. The Hall–Kier alpha value is -3.41. The number of benzene rings is 2. The molecular formula is C20H18NO5+. The van der Waals surface area contributed by atoms with E-state index in [1.165, 1.54) is 20.3 Å². The molecule has 0 unspecified atom stereocenters. The van der Waals surface area contributed by atoms with Gasteiger partial charge in [0.05, 0.1) is 32.1 Å². The highest BCUT2D eigenvalue weighted by molar-refractivity contribution is 6.05. The lowest BCUT2D eigenvalue weighted by Gasteiger charge is -2.12. The molecule has 0 aliphatic rings. The van der Waals surface area contributed by atoms with E-state index in [4.69, 9.17) is 14.2 Å². The Kier molecular flexibility index (Phi) is 3.61. The highest BCUT2D eigenvalue weighted by atomic mass is 16.5. The molecule has 6 nitrogen and oxygen atoms in total. The van der Waals surface area contributed by atoms with Gasteiger partial charge in [-0.15, -0.1) is 0 Å². The molecule has 0 atom stereocenters. The molecule has 26 heavy (non-hydrogen) atoms. The van der Waals surface area contributed by atoms with Crippen molar-refractivity contribution in [3.8, 4) is 28.7 Å². The van der Waals surface area contributed by atoms with Gasteiger partial charge in [-0.25, -0.2) is 0 Å². The van der Waals surface area contributed by atoms with Gasteiger partial charge in [0.25, 0.3) is 0 Å². The van der Waals surface area contributed by atoms with Crippen LogP contribution in [0.15, 0.2) is 42.7 Å². The monoisotopic (exact) mass is 352 g/mol. The number of rotatable bonds is 3. The normalized spacial score (nSPS) is 11.2. The van der Waals surface area contributed by atoms with Crippen LogP contribution in [-0.4, -0.2) is 31.5 Å². The summed E-state index contributed by atoms with van der Waals surface area (Å²) in [7, 11) is 4.61. The number of phenolic OH excluding ortho intramolecular Hbond substituents is 2. The number of hydrogen-bond acceptors (Lipinski definition) is 5. The van der Waals surface area contributed by atoms with Crippen molar-refractivity contribution in [1.29, 1.82) is 0 Å². The number of nitrogens with zero attached hydrogens (tertiary/aromatic N) is 1. The predicted molar refractivity (Wildman–Crippen MR) is 97.6 cm³/mol. The fourth-order valence-electron chi connectivity index (χ4n) is 3.38. The number of aromatic nitrogens is 1. The number of hydrogen-bond donors (Lipinski definition) is 2. The van der Waals surface area contributed by atoms with Gasteiger partial charge in [0.15, 0.2) is 35.4 Å². The van der Waals surface area contributed by atoms with Gasteiger partial charge < -0.3 is 24.4 Å². The minimum absolute atomic E-state index is 0.0797. The fourth-order valence-corrected chi connectivity index (χ4v) is 3.38. The van der Waals surface area contributed by atoms with Crippen LogP contribution in [0.25, 0.3) is 27.1 Å². The van der Waals surface area contributed by atoms with E-state index in [1.807, 2.05) is 28.8 Å². The average molecular weight is 352 g/mol. The van der Waals surface area contributed by atoms with Gasteiger partial charge in [-0.05, 0) is 17.5 Å². The molecule has 0 spiro atoms. The van der Waals surface area contributed by atoms with E-state index in [2.05, 4.69) is 0 Å². The summed E-state index contributed by atoms with van der Waals surface area (Å²) in [5.41, 5.74) is 0.776. The summed E-state index contributed by atoms with van der Waals surface area (Å²) in [4.78, 5) is 0. The Balaban J connectivity index is 2.16. The maximum atomic E-state index is 10.6. The first-order valence-electron chi connectivity index (χ1n) is 8.00. The van der Waals surface area contributed by atoms with Crippen LogP contribution >= 0.6 is 0 Å². The van der Waals surface area contributed by atoms with Crippen molar-refractivity contribution < 1.29 is 28.8 Å². The standard InChI is InChI=1S/C20H17NO5/c1-24-16-5-4-11-8-14-18-12(6-7-21(14)10-13(11)19(16)23)20(26-3)17(25-2)9-15(18)22/h4-10H,1-3H3,(H,22,23)/p+1. The Morgan fingerprint density at radius 1 is 0.846 bits per heavy atom. The molecular weight excluding hydrogens is 334 g/mol. The highest BCUT2D eigenvalue weighted by Crippen LogP contribution is 2.42. The Bertz CT molecular complexity index is 1170. The molecule has 0 fully saturated rings. The molecule has 0 bridgehead atoms. The van der Waals surface area contributed by atoms with Crippen molar-refractivity contribution in [1.82, 2.24) is 0 Å². The maximum absolute atomic E-state index is 10.6. The van der Waals surface area contributed by atoms with Crippen LogP contribution in [0.1, 0.15) is 0 Å². The summed E-state index contributed by atoms with van der Waals surface area (Å²) in [5.74, 6) is 1.60. The van der Waals surface area contributed by atoms with Crippen LogP contribution in [0.2, 0.25) is 0 Å². The van der Waals surface area contributed by atoms with Gasteiger partial charge in [-0.1, -0.05) is 0 Å². The third kappa shape index (κ3) is 2.15. The summed E-state index contributed by atoms with van der Waals surface area (Å²) in [6, 6.07) is 8.86. The quantitative estimate of drug-likeness (QED) is 0.337. The molecule has 132 valence electrons. The number of aromatic hydroxyl groups is 2. The van der Waals surface area contributed by atoms with Crippen LogP contribution in [0.4, 0.5) is 0 Å². The summed E-state index contributed by atoms with van der Waals surface area (Å²) < 4.78 is 17.8. The molecule has 2 aromatic heterocycles. The molecule has 4 aromatic rings. The van der Waals surface area contributed by atoms with E-state index in [-0.39, 0.29) is 11.5 Å². The highest BCUT2D eigenvalue weighted by Gasteiger charge is 2.21. The minimum atomic E-state index is 0.0797. The average Bonchev–Trinajstić information content (AvgIpc) is 2.66. The molecule has 0 aliphatic heterocycles. The van der Waals surface area contributed by atoms with Crippen LogP contribution in [0.5, 0.6) is 28.7 Å². The summed E-state index contributed by atoms with van der Waals surface area (Å²) >= 11 is 0. The second kappa shape index (κ2) is 5.84. The molecule has 0 saturated carbocycles. The van der Waals surface area contributed by atoms with Crippen LogP contribution in [-0.2, 0) is 0 Å². The van der Waals surface area contributed by atoms with Gasteiger partial charge in [0.2, 0.25) is 5.52 Å². The maximum Gasteiger partial charge on any atom is 0.223 e. The Morgan fingerprint density at radius 3 is 2.31 bits per heavy atom. The zero-order chi connectivity index (χ0) is 18.4. The largest absolute Gasteiger partial charge is 0.507 e. The summed E-state index contributed by atoms with van der Waals surface area (Å²) in [6.45, 7) is 0. The van der Waals surface area contributed by atoms with Crippen molar-refractivity contribution in [2.45, 2.75) is 0 Å². The van der Waals surface area contributed by atoms with Crippen LogP contribution < -0.4 is 18.6 Å². The number of fused-ring (bicyclic) bond motifs is 4. The molecule has 0 radical (unpaired) electrons. The third-order valence-electron chi connectivity index (χ3n) is 4.62. The van der Waals surface area contributed by atoms with Crippen molar-refractivity contribution in [2.24, 2.45) is 0 Å². The summed E-state index contributed by atoms with van der Waals surface area (Å²) in [5, 5.41) is 23.9. The first kappa shape index (κ1) is 16.1. The summed E-state index contributed by atoms with van der Waals surface area (Å²) in [6.07, 6.45) is 3.65. The van der Waals surface area contributed by atoms with E-state index in [0.717, 1.165) is 16.3 Å². The van der Waals surface area contributed by atoms with Gasteiger partial charge in [0.1, 0.15) is 5.75 Å². The number of ether oxygens (including phenoxy) is 3. The lowest BCUT2D eigenvalue weighted by Crippen LogP contribution is -2.20. The molecule has 0 saturated heterocycles. The van der Waals surface area contributed by atoms with E-state index in [0.29, 0.717) is 28.0 Å². The molecule has 2 heterocycles. The van der Waals surface area contributed by atoms with E-state index < -0.39 is 0 Å². The lowest BCUT2D eigenvalue weighted by atomic mass is 10.0. The zero-order valence-electron chi connectivity index (χ0n) is 14.6. The van der Waals surface area contributed by atoms with Crippen molar-refractivity contribution in [3.05, 3.63) is 42.7 Å². The van der Waals surface area contributed by atoms with Crippen molar-refractivity contribution >= 4 is 27.1 Å². The van der Waals surface area contributed by atoms with E-state index >= 15 is 0 Å². The fraction of sp³-hybridized carbons (Fsp3) is 0.150. The van der Waals surface area contributed by atoms with E-state index in [9.17, 15) is 10.2 Å². The molecule has 0 aliphatic carbocycles. The Morgan fingerprint density at radius 2 is 1.62 bits per heavy atom. The topological polar surface area (TPSA) is 72.2 Å². The molecule has 0 amide bonds. The second-order valence-electron chi connectivity index (χ2n) is 5.92. The number of pyridine rings is 2. The van der Waals surface area contributed by atoms with Crippen molar-refractivity contribution in [3.63, 3.8) is 0 Å². The third-order valence-corrected chi connectivity index (χ3v) is 4.62. The SMILES string of the molecule is COc1ccc2cc3c4c(O)cc(OC)c(OC)c4cc[n+]3cc2c1O. The lowest BCUT2D eigenvalue weighted by molar-refractivity contribution is -0.509. The molecule has 2 aromatic carbocycles.